The fourth-order valence-corrected chi connectivity index (χ4v) is 9.42. The first-order valence-electron chi connectivity index (χ1n) is 16.9. The highest BCUT2D eigenvalue weighted by Gasteiger charge is 2.32. The highest BCUT2D eigenvalue weighted by Crippen LogP contribution is 2.60. The van der Waals surface area contributed by atoms with Gasteiger partial charge in [-0.1, -0.05) is 158 Å². The third kappa shape index (κ3) is 2.93. The van der Waals surface area contributed by atoms with Crippen molar-refractivity contribution < 1.29 is 0 Å². The summed E-state index contributed by atoms with van der Waals surface area (Å²) in [6, 6.07) is 54.8. The molecule has 0 heteroatoms. The van der Waals surface area contributed by atoms with Gasteiger partial charge in [0.15, 0.2) is 0 Å². The van der Waals surface area contributed by atoms with Crippen molar-refractivity contribution in [3.8, 4) is 44.5 Å². The highest BCUT2D eigenvalue weighted by molar-refractivity contribution is 6.40. The van der Waals surface area contributed by atoms with Gasteiger partial charge in [0.1, 0.15) is 0 Å². The number of hydrogen-bond donors (Lipinski definition) is 0. The van der Waals surface area contributed by atoms with E-state index in [1.54, 1.807) is 0 Å². The van der Waals surface area contributed by atoms with E-state index in [4.69, 9.17) is 0 Å². The normalized spacial score (nSPS) is 12.9. The largest absolute Gasteiger partial charge is 0.0622 e. The van der Waals surface area contributed by atoms with Crippen LogP contribution in [0, 0.1) is 0 Å². The van der Waals surface area contributed by atoms with E-state index in [9.17, 15) is 0 Å². The number of rotatable bonds is 2. The highest BCUT2D eigenvalue weighted by atomic mass is 14.3. The second-order valence-electron chi connectivity index (χ2n) is 13.5. The molecule has 48 heavy (non-hydrogen) atoms. The van der Waals surface area contributed by atoms with Crippen LogP contribution in [0.1, 0.15) is 11.1 Å². The van der Waals surface area contributed by atoms with Crippen LogP contribution in [0.4, 0.5) is 0 Å². The van der Waals surface area contributed by atoms with Gasteiger partial charge >= 0.3 is 0 Å². The lowest BCUT2D eigenvalue weighted by Crippen LogP contribution is -1.94. The summed E-state index contributed by atoms with van der Waals surface area (Å²) in [5.74, 6) is 0. The van der Waals surface area contributed by atoms with E-state index in [0.29, 0.717) is 0 Å². The Morgan fingerprint density at radius 2 is 0.771 bits per heavy atom. The Kier molecular flexibility index (Phi) is 4.55. The molecule has 10 aromatic rings. The molecular weight excluding hydrogens is 577 g/mol. The standard InChI is InChI=1S/C48H26/c1-2-10-28(11-3-1)42-33-14-6-7-15-34(33)45(32-16-8-12-27-9-4-5-13-31(27)32)48-40-26-24-38-36-22-20-30-18-17-29-19-21-35(43(36)41(29)30)37-23-25-39(47(42)48)46(40)44(37)38/h1-26H. The molecule has 0 heterocycles. The van der Waals surface area contributed by atoms with Crippen LogP contribution in [-0.2, 0) is 0 Å². The van der Waals surface area contributed by atoms with Crippen LogP contribution < -0.4 is 0 Å². The molecule has 0 atom stereocenters. The van der Waals surface area contributed by atoms with Crippen LogP contribution in [0.2, 0.25) is 0 Å². The van der Waals surface area contributed by atoms with Gasteiger partial charge in [0.2, 0.25) is 0 Å². The molecule has 2 aliphatic rings. The van der Waals surface area contributed by atoms with Gasteiger partial charge in [-0.05, 0) is 120 Å². The quantitative estimate of drug-likeness (QED) is 0.136. The van der Waals surface area contributed by atoms with Crippen molar-refractivity contribution in [1.82, 2.24) is 0 Å². The van der Waals surface area contributed by atoms with Crippen LogP contribution in [0.5, 0.6) is 0 Å². The fraction of sp³-hybridized carbons (Fsp3) is 0. The van der Waals surface area contributed by atoms with Gasteiger partial charge in [-0.15, -0.1) is 0 Å². The molecule has 218 valence electrons. The third-order valence-corrected chi connectivity index (χ3v) is 11.3. The van der Waals surface area contributed by atoms with E-state index in [2.05, 4.69) is 158 Å². The van der Waals surface area contributed by atoms with Crippen molar-refractivity contribution in [1.29, 1.82) is 0 Å². The number of benzene rings is 10. The molecule has 0 bridgehead atoms. The summed E-state index contributed by atoms with van der Waals surface area (Å²) in [5, 5.41) is 16.1. The van der Waals surface area contributed by atoms with Gasteiger partial charge in [0.05, 0.1) is 0 Å². The van der Waals surface area contributed by atoms with Gasteiger partial charge in [-0.25, -0.2) is 0 Å². The maximum atomic E-state index is 2.43. The zero-order chi connectivity index (χ0) is 31.1. The van der Waals surface area contributed by atoms with E-state index < -0.39 is 0 Å². The number of hydrogen-bond acceptors (Lipinski definition) is 0. The monoisotopic (exact) mass is 602 g/mol. The first-order valence-corrected chi connectivity index (χ1v) is 16.9. The van der Waals surface area contributed by atoms with Crippen LogP contribution in [0.3, 0.4) is 0 Å². The molecule has 0 amide bonds. The van der Waals surface area contributed by atoms with E-state index in [1.165, 1.54) is 120 Å². The molecule has 0 aliphatic heterocycles. The lowest BCUT2D eigenvalue weighted by Gasteiger charge is -2.21. The smallest absolute Gasteiger partial charge is 0.000718 e. The minimum absolute atomic E-state index is 1.26. The molecule has 0 aromatic heterocycles. The molecule has 2 aliphatic carbocycles. The van der Waals surface area contributed by atoms with Crippen molar-refractivity contribution in [3.63, 3.8) is 0 Å². The van der Waals surface area contributed by atoms with Gasteiger partial charge in [-0.3, -0.25) is 0 Å². The molecule has 0 unspecified atom stereocenters. The molecule has 10 aromatic carbocycles. The van der Waals surface area contributed by atoms with Gasteiger partial charge in [0, 0.05) is 0 Å². The van der Waals surface area contributed by atoms with E-state index >= 15 is 0 Å². The van der Waals surface area contributed by atoms with Crippen molar-refractivity contribution >= 4 is 76.8 Å². The summed E-state index contributed by atoms with van der Waals surface area (Å²) >= 11 is 0. The van der Waals surface area contributed by atoms with Crippen LogP contribution in [0.15, 0.2) is 146 Å². The molecule has 0 N–H and O–H groups in total. The van der Waals surface area contributed by atoms with Gasteiger partial charge in [-0.2, -0.15) is 0 Å². The maximum absolute atomic E-state index is 2.43. The van der Waals surface area contributed by atoms with E-state index in [1.807, 2.05) is 0 Å². The average Bonchev–Trinajstić information content (AvgIpc) is 3.73. The van der Waals surface area contributed by atoms with E-state index in [0.717, 1.165) is 0 Å². The van der Waals surface area contributed by atoms with Crippen molar-refractivity contribution in [3.05, 3.63) is 157 Å². The summed E-state index contributed by atoms with van der Waals surface area (Å²) in [7, 11) is 0. The Labute approximate surface area is 277 Å². The molecule has 0 nitrogen and oxygen atoms in total. The second kappa shape index (κ2) is 8.76. The van der Waals surface area contributed by atoms with Crippen LogP contribution >= 0.6 is 0 Å². The summed E-state index contributed by atoms with van der Waals surface area (Å²) in [4.78, 5) is 0. The average molecular weight is 603 g/mol. The van der Waals surface area contributed by atoms with Crippen LogP contribution in [-0.4, -0.2) is 0 Å². The topological polar surface area (TPSA) is 0 Å². The Morgan fingerprint density at radius 1 is 0.250 bits per heavy atom. The molecule has 0 saturated heterocycles. The summed E-state index contributed by atoms with van der Waals surface area (Å²) in [6.45, 7) is 0. The van der Waals surface area contributed by atoms with E-state index in [-0.39, 0.29) is 0 Å². The van der Waals surface area contributed by atoms with Crippen molar-refractivity contribution in [2.24, 2.45) is 0 Å². The molecule has 0 fully saturated rings. The molecule has 12 rings (SSSR count). The fourth-order valence-electron chi connectivity index (χ4n) is 9.42. The molecular formula is C48H26. The SMILES string of the molecule is C1=Cc2ccc3c4ccc5c6c(ccc(c7ccc1c2c73)c64)-c1c-5c(-c2cccc3ccccc23)c2ccccc2c1-c1ccccc1. The van der Waals surface area contributed by atoms with Crippen molar-refractivity contribution in [2.45, 2.75) is 0 Å². The zero-order valence-corrected chi connectivity index (χ0v) is 26.0. The minimum atomic E-state index is 1.26. The number of fused-ring (bicyclic) bond motifs is 7. The Morgan fingerprint density at radius 3 is 1.46 bits per heavy atom. The molecule has 0 saturated carbocycles. The maximum Gasteiger partial charge on any atom is -0.000718 e. The second-order valence-corrected chi connectivity index (χ2v) is 13.5. The predicted molar refractivity (Wildman–Crippen MR) is 207 cm³/mol. The zero-order valence-electron chi connectivity index (χ0n) is 26.0. The van der Waals surface area contributed by atoms with Crippen LogP contribution in [0.25, 0.3) is 121 Å². The lowest BCUT2D eigenvalue weighted by molar-refractivity contribution is 1.63. The molecule has 0 spiro atoms. The Balaban J connectivity index is 1.32. The molecule has 0 radical (unpaired) electrons. The third-order valence-electron chi connectivity index (χ3n) is 11.3. The first kappa shape index (κ1) is 24.9. The predicted octanol–water partition coefficient (Wildman–Crippen LogP) is 13.5. The Bertz CT molecular complexity index is 3020. The lowest BCUT2D eigenvalue weighted by atomic mass is 9.81. The van der Waals surface area contributed by atoms with Gasteiger partial charge in [0.25, 0.3) is 0 Å². The first-order chi connectivity index (χ1) is 23.8. The van der Waals surface area contributed by atoms with Crippen molar-refractivity contribution in [2.75, 3.05) is 0 Å². The van der Waals surface area contributed by atoms with Gasteiger partial charge < -0.3 is 0 Å². The summed E-state index contributed by atoms with van der Waals surface area (Å²) in [5.41, 5.74) is 13.2. The summed E-state index contributed by atoms with van der Waals surface area (Å²) < 4.78 is 0. The summed E-state index contributed by atoms with van der Waals surface area (Å²) in [6.07, 6.45) is 4.54. The Hall–Kier alpha value is -6.24. The minimum Gasteiger partial charge on any atom is -0.0622 e.